The fraction of sp³-hybridized carbons (Fsp3) is 0.833. The fourth-order valence-electron chi connectivity index (χ4n) is 1.32. The van der Waals surface area contributed by atoms with Gasteiger partial charge in [-0.1, -0.05) is 45.6 Å². The van der Waals surface area contributed by atoms with Crippen LogP contribution in [0.4, 0.5) is 0 Å². The Balaban J connectivity index is 3.11. The van der Waals surface area contributed by atoms with Crippen molar-refractivity contribution in [2.45, 2.75) is 52.4 Å². The SMILES string of the molecule is C=C(C)N(C)CCCCCCCC. The van der Waals surface area contributed by atoms with E-state index in [-0.39, 0.29) is 0 Å². The van der Waals surface area contributed by atoms with E-state index in [0.29, 0.717) is 0 Å². The van der Waals surface area contributed by atoms with Crippen LogP contribution in [0.15, 0.2) is 12.3 Å². The zero-order valence-electron chi connectivity index (χ0n) is 9.60. The van der Waals surface area contributed by atoms with E-state index in [9.17, 15) is 0 Å². The number of nitrogens with zero attached hydrogens (tertiary/aromatic N) is 1. The third kappa shape index (κ3) is 7.89. The lowest BCUT2D eigenvalue weighted by molar-refractivity contribution is 0.400. The molecule has 1 nitrogen and oxygen atoms in total. The first-order chi connectivity index (χ1) is 6.18. The lowest BCUT2D eigenvalue weighted by Gasteiger charge is -2.18. The van der Waals surface area contributed by atoms with Crippen LogP contribution in [-0.2, 0) is 0 Å². The zero-order chi connectivity index (χ0) is 10.1. The molecule has 0 rings (SSSR count). The van der Waals surface area contributed by atoms with Crippen molar-refractivity contribution in [1.82, 2.24) is 4.90 Å². The highest BCUT2D eigenvalue weighted by molar-refractivity contribution is 4.85. The van der Waals surface area contributed by atoms with E-state index in [1.807, 2.05) is 0 Å². The van der Waals surface area contributed by atoms with Crippen LogP contribution in [0.2, 0.25) is 0 Å². The van der Waals surface area contributed by atoms with E-state index >= 15 is 0 Å². The highest BCUT2D eigenvalue weighted by Crippen LogP contribution is 2.06. The Morgan fingerprint density at radius 3 is 2.15 bits per heavy atom. The molecule has 0 heterocycles. The van der Waals surface area contributed by atoms with Gasteiger partial charge in [-0.3, -0.25) is 0 Å². The topological polar surface area (TPSA) is 3.24 Å². The van der Waals surface area contributed by atoms with Crippen LogP contribution in [0.25, 0.3) is 0 Å². The Bertz CT molecular complexity index is 129. The highest BCUT2D eigenvalue weighted by Gasteiger charge is 1.95. The minimum atomic E-state index is 1.17. The van der Waals surface area contributed by atoms with Crippen molar-refractivity contribution < 1.29 is 0 Å². The molecule has 0 amide bonds. The van der Waals surface area contributed by atoms with Gasteiger partial charge in [0.1, 0.15) is 0 Å². The summed E-state index contributed by atoms with van der Waals surface area (Å²) in [5, 5.41) is 0. The summed E-state index contributed by atoms with van der Waals surface area (Å²) in [6.45, 7) is 9.40. The molecule has 0 fully saturated rings. The van der Waals surface area contributed by atoms with E-state index in [2.05, 4.69) is 32.4 Å². The minimum absolute atomic E-state index is 1.17. The molecule has 0 atom stereocenters. The molecule has 0 radical (unpaired) electrons. The van der Waals surface area contributed by atoms with Gasteiger partial charge in [0.2, 0.25) is 0 Å². The number of unbranched alkanes of at least 4 members (excludes halogenated alkanes) is 5. The van der Waals surface area contributed by atoms with Gasteiger partial charge in [-0.15, -0.1) is 0 Å². The first-order valence-electron chi connectivity index (χ1n) is 5.55. The lowest BCUT2D eigenvalue weighted by atomic mass is 10.1. The van der Waals surface area contributed by atoms with Gasteiger partial charge in [0.25, 0.3) is 0 Å². The van der Waals surface area contributed by atoms with Gasteiger partial charge < -0.3 is 4.90 Å². The molecule has 1 heteroatoms. The van der Waals surface area contributed by atoms with Gasteiger partial charge in [0, 0.05) is 19.3 Å². The summed E-state index contributed by atoms with van der Waals surface area (Å²) in [4.78, 5) is 2.24. The van der Waals surface area contributed by atoms with Crippen molar-refractivity contribution in [2.75, 3.05) is 13.6 Å². The average Bonchev–Trinajstić information content (AvgIpc) is 2.10. The van der Waals surface area contributed by atoms with Crippen molar-refractivity contribution >= 4 is 0 Å². The van der Waals surface area contributed by atoms with Crippen LogP contribution in [0.1, 0.15) is 52.4 Å². The Hall–Kier alpha value is -0.460. The monoisotopic (exact) mass is 183 g/mol. The number of hydrogen-bond acceptors (Lipinski definition) is 1. The molecule has 0 bridgehead atoms. The number of rotatable bonds is 8. The fourth-order valence-corrected chi connectivity index (χ4v) is 1.32. The quantitative estimate of drug-likeness (QED) is 0.517. The molecule has 0 saturated carbocycles. The Morgan fingerprint density at radius 1 is 1.08 bits per heavy atom. The molecule has 0 saturated heterocycles. The maximum Gasteiger partial charge on any atom is 0.0171 e. The third-order valence-electron chi connectivity index (χ3n) is 2.50. The van der Waals surface area contributed by atoms with Gasteiger partial charge in [-0.2, -0.15) is 0 Å². The van der Waals surface area contributed by atoms with E-state index in [1.165, 1.54) is 50.8 Å². The predicted molar refractivity (Wildman–Crippen MR) is 60.8 cm³/mol. The summed E-state index contributed by atoms with van der Waals surface area (Å²) in [6.07, 6.45) is 8.23. The summed E-state index contributed by atoms with van der Waals surface area (Å²) in [5.41, 5.74) is 1.17. The molecule has 78 valence electrons. The van der Waals surface area contributed by atoms with Gasteiger partial charge in [-0.25, -0.2) is 0 Å². The van der Waals surface area contributed by atoms with E-state index < -0.39 is 0 Å². The van der Waals surface area contributed by atoms with E-state index in [1.54, 1.807) is 0 Å². The van der Waals surface area contributed by atoms with Crippen LogP contribution >= 0.6 is 0 Å². The maximum atomic E-state index is 3.91. The van der Waals surface area contributed by atoms with Crippen LogP contribution < -0.4 is 0 Å². The average molecular weight is 183 g/mol. The molecule has 0 aromatic rings. The molecule has 0 aliphatic heterocycles. The Morgan fingerprint density at radius 2 is 1.62 bits per heavy atom. The summed E-state index contributed by atoms with van der Waals surface area (Å²) >= 11 is 0. The molecule has 0 aliphatic rings. The van der Waals surface area contributed by atoms with Crippen LogP contribution in [0.3, 0.4) is 0 Å². The Labute approximate surface area is 83.8 Å². The van der Waals surface area contributed by atoms with Crippen LogP contribution in [0.5, 0.6) is 0 Å². The standard InChI is InChI=1S/C12H25N/c1-5-6-7-8-9-10-11-13(4)12(2)3/h2,5-11H2,1,3-4H3. The molecule has 0 N–H and O–H groups in total. The molecule has 0 aliphatic carbocycles. The molecule has 0 spiro atoms. The molecule has 13 heavy (non-hydrogen) atoms. The first-order valence-corrected chi connectivity index (χ1v) is 5.55. The second-order valence-electron chi connectivity index (χ2n) is 3.92. The predicted octanol–water partition coefficient (Wildman–Crippen LogP) is 3.81. The zero-order valence-corrected chi connectivity index (χ0v) is 9.60. The molecule has 0 aromatic carbocycles. The van der Waals surface area contributed by atoms with Crippen LogP contribution in [-0.4, -0.2) is 18.5 Å². The van der Waals surface area contributed by atoms with Gasteiger partial charge in [-0.05, 0) is 13.3 Å². The highest BCUT2D eigenvalue weighted by atomic mass is 15.1. The summed E-state index contributed by atoms with van der Waals surface area (Å²) in [7, 11) is 2.12. The number of hydrogen-bond donors (Lipinski definition) is 0. The summed E-state index contributed by atoms with van der Waals surface area (Å²) in [5.74, 6) is 0. The molecule has 0 unspecified atom stereocenters. The van der Waals surface area contributed by atoms with E-state index in [4.69, 9.17) is 0 Å². The van der Waals surface area contributed by atoms with Gasteiger partial charge in [0.15, 0.2) is 0 Å². The summed E-state index contributed by atoms with van der Waals surface area (Å²) in [6, 6.07) is 0. The van der Waals surface area contributed by atoms with Crippen molar-refractivity contribution in [3.63, 3.8) is 0 Å². The second-order valence-corrected chi connectivity index (χ2v) is 3.92. The Kier molecular flexibility index (Phi) is 7.86. The maximum absolute atomic E-state index is 3.91. The van der Waals surface area contributed by atoms with Crippen molar-refractivity contribution in [2.24, 2.45) is 0 Å². The van der Waals surface area contributed by atoms with Crippen molar-refractivity contribution in [1.29, 1.82) is 0 Å². The summed E-state index contributed by atoms with van der Waals surface area (Å²) < 4.78 is 0. The van der Waals surface area contributed by atoms with Gasteiger partial charge in [0.05, 0.1) is 0 Å². The first kappa shape index (κ1) is 12.5. The molecule has 0 aromatic heterocycles. The smallest absolute Gasteiger partial charge is 0.0171 e. The molecular formula is C12H25N. The van der Waals surface area contributed by atoms with Crippen molar-refractivity contribution in [3.8, 4) is 0 Å². The van der Waals surface area contributed by atoms with Crippen LogP contribution in [0, 0.1) is 0 Å². The lowest BCUT2D eigenvalue weighted by Crippen LogP contribution is -2.16. The van der Waals surface area contributed by atoms with Gasteiger partial charge >= 0.3 is 0 Å². The minimum Gasteiger partial charge on any atom is -0.379 e. The van der Waals surface area contributed by atoms with E-state index in [0.717, 1.165) is 0 Å². The number of allylic oxidation sites excluding steroid dienone is 1. The normalized spacial score (nSPS) is 10.1. The third-order valence-corrected chi connectivity index (χ3v) is 2.50. The molecular weight excluding hydrogens is 158 g/mol. The largest absolute Gasteiger partial charge is 0.379 e. The van der Waals surface area contributed by atoms with Crippen molar-refractivity contribution in [3.05, 3.63) is 12.3 Å². The second kappa shape index (κ2) is 8.15.